The zero-order valence-electron chi connectivity index (χ0n) is 11.7. The number of anilines is 1. The molecule has 2 aromatic rings. The minimum atomic E-state index is -0.635. The average molecular weight is 291 g/mol. The third-order valence-electron chi connectivity index (χ3n) is 3.13. The van der Waals surface area contributed by atoms with Gasteiger partial charge in [0.1, 0.15) is 11.5 Å². The minimum absolute atomic E-state index is 0.146. The highest BCUT2D eigenvalue weighted by Crippen LogP contribution is 2.22. The van der Waals surface area contributed by atoms with Crippen LogP contribution in [0.5, 0.6) is 0 Å². The van der Waals surface area contributed by atoms with Gasteiger partial charge in [-0.2, -0.15) is 0 Å². The second-order valence-electron chi connectivity index (χ2n) is 4.60. The summed E-state index contributed by atoms with van der Waals surface area (Å²) in [6.45, 7) is 1.82. The van der Waals surface area contributed by atoms with Crippen molar-refractivity contribution in [3.05, 3.63) is 64.7 Å². The van der Waals surface area contributed by atoms with Crippen LogP contribution in [0.3, 0.4) is 0 Å². The highest BCUT2D eigenvalue weighted by Gasteiger charge is 2.11. The molecule has 2 rings (SSSR count). The molecule has 2 aromatic carbocycles. The van der Waals surface area contributed by atoms with Gasteiger partial charge in [0.05, 0.1) is 12.7 Å². The Bertz CT molecular complexity index is 654. The first kappa shape index (κ1) is 15.0. The fourth-order valence-electron chi connectivity index (χ4n) is 1.89. The summed E-state index contributed by atoms with van der Waals surface area (Å²) in [6.07, 6.45) is 0. The highest BCUT2D eigenvalue weighted by atomic mass is 19.1. The molecule has 0 spiro atoms. The van der Waals surface area contributed by atoms with Crippen molar-refractivity contribution in [1.82, 2.24) is 0 Å². The number of hydrogen-bond donors (Lipinski definition) is 1. The molecule has 0 amide bonds. The van der Waals surface area contributed by atoms with Gasteiger partial charge in [0.15, 0.2) is 5.82 Å². The summed E-state index contributed by atoms with van der Waals surface area (Å²) in [5, 5.41) is 2.73. The van der Waals surface area contributed by atoms with Crippen molar-refractivity contribution in [1.29, 1.82) is 0 Å². The molecule has 0 bridgehead atoms. The third kappa shape index (κ3) is 3.37. The Morgan fingerprint density at radius 1 is 1.14 bits per heavy atom. The van der Waals surface area contributed by atoms with E-state index in [4.69, 9.17) is 0 Å². The maximum Gasteiger partial charge on any atom is 0.337 e. The number of benzene rings is 2. The van der Waals surface area contributed by atoms with E-state index in [1.54, 1.807) is 31.2 Å². The second kappa shape index (κ2) is 6.35. The molecular formula is C16H15F2NO2. The number of esters is 1. The largest absolute Gasteiger partial charge is 0.465 e. The second-order valence-corrected chi connectivity index (χ2v) is 4.60. The van der Waals surface area contributed by atoms with Gasteiger partial charge in [-0.15, -0.1) is 0 Å². The lowest BCUT2D eigenvalue weighted by Crippen LogP contribution is -2.06. The molecule has 21 heavy (non-hydrogen) atoms. The monoisotopic (exact) mass is 291 g/mol. The molecule has 1 N–H and O–H groups in total. The number of nitrogens with one attached hydrogen (secondary N) is 1. The zero-order chi connectivity index (χ0) is 15.4. The summed E-state index contributed by atoms with van der Waals surface area (Å²) in [5.74, 6) is -1.66. The standard InChI is InChI=1S/C16H15F2NO2/c1-10-3-8-13(17)15(14(10)18)19-9-11-4-6-12(7-5-11)16(20)21-2/h3-8,19H,9H2,1-2H3. The van der Waals surface area contributed by atoms with Crippen LogP contribution in [-0.2, 0) is 11.3 Å². The van der Waals surface area contributed by atoms with Crippen LogP contribution in [-0.4, -0.2) is 13.1 Å². The first-order chi connectivity index (χ1) is 10.0. The molecule has 0 aliphatic heterocycles. The first-order valence-corrected chi connectivity index (χ1v) is 6.38. The van der Waals surface area contributed by atoms with Gasteiger partial charge in [-0.25, -0.2) is 13.6 Å². The molecule has 0 fully saturated rings. The number of aryl methyl sites for hydroxylation is 1. The predicted octanol–water partition coefficient (Wildman–Crippen LogP) is 3.67. The van der Waals surface area contributed by atoms with Crippen molar-refractivity contribution in [2.75, 3.05) is 12.4 Å². The van der Waals surface area contributed by atoms with Crippen LogP contribution >= 0.6 is 0 Å². The molecule has 0 saturated heterocycles. The van der Waals surface area contributed by atoms with Gasteiger partial charge in [-0.05, 0) is 36.2 Å². The number of halogens is 2. The lowest BCUT2D eigenvalue weighted by atomic mass is 10.1. The van der Waals surface area contributed by atoms with E-state index >= 15 is 0 Å². The number of ether oxygens (including phenoxy) is 1. The van der Waals surface area contributed by atoms with E-state index in [1.165, 1.54) is 19.2 Å². The molecule has 0 atom stereocenters. The van der Waals surface area contributed by atoms with Crippen molar-refractivity contribution in [2.45, 2.75) is 13.5 Å². The van der Waals surface area contributed by atoms with Crippen molar-refractivity contribution in [3.8, 4) is 0 Å². The molecule has 0 aromatic heterocycles. The Labute approximate surface area is 121 Å². The SMILES string of the molecule is COC(=O)c1ccc(CNc2c(F)ccc(C)c2F)cc1. The zero-order valence-corrected chi connectivity index (χ0v) is 11.7. The van der Waals surface area contributed by atoms with Crippen LogP contribution in [0.15, 0.2) is 36.4 Å². The summed E-state index contributed by atoms with van der Waals surface area (Å²) < 4.78 is 32.0. The molecule has 3 nitrogen and oxygen atoms in total. The number of rotatable bonds is 4. The Kier molecular flexibility index (Phi) is 4.52. The van der Waals surface area contributed by atoms with Crippen LogP contribution < -0.4 is 5.32 Å². The fourth-order valence-corrected chi connectivity index (χ4v) is 1.89. The van der Waals surface area contributed by atoms with Crippen molar-refractivity contribution < 1.29 is 18.3 Å². The van der Waals surface area contributed by atoms with Gasteiger partial charge in [0, 0.05) is 6.54 Å². The van der Waals surface area contributed by atoms with E-state index in [1.807, 2.05) is 0 Å². The Morgan fingerprint density at radius 3 is 2.43 bits per heavy atom. The van der Waals surface area contributed by atoms with Gasteiger partial charge in [-0.3, -0.25) is 0 Å². The van der Waals surface area contributed by atoms with Crippen LogP contribution in [0.4, 0.5) is 14.5 Å². The molecule has 0 saturated carbocycles. The molecule has 5 heteroatoms. The van der Waals surface area contributed by atoms with Crippen LogP contribution in [0.1, 0.15) is 21.5 Å². The summed E-state index contributed by atoms with van der Waals surface area (Å²) in [5.41, 5.74) is 1.45. The third-order valence-corrected chi connectivity index (χ3v) is 3.13. The smallest absolute Gasteiger partial charge is 0.337 e. The van der Waals surface area contributed by atoms with E-state index in [9.17, 15) is 13.6 Å². The molecular weight excluding hydrogens is 276 g/mol. The first-order valence-electron chi connectivity index (χ1n) is 6.38. The van der Waals surface area contributed by atoms with Crippen molar-refractivity contribution in [2.24, 2.45) is 0 Å². The Hall–Kier alpha value is -2.43. The van der Waals surface area contributed by atoms with Gasteiger partial charge in [0.25, 0.3) is 0 Å². The van der Waals surface area contributed by atoms with Gasteiger partial charge < -0.3 is 10.1 Å². The summed E-state index contributed by atoms with van der Waals surface area (Å²) in [6, 6.07) is 9.22. The summed E-state index contributed by atoms with van der Waals surface area (Å²) >= 11 is 0. The summed E-state index contributed by atoms with van der Waals surface area (Å²) in [7, 11) is 1.31. The number of hydrogen-bond acceptors (Lipinski definition) is 3. The molecule has 0 aliphatic rings. The quantitative estimate of drug-likeness (QED) is 0.873. The topological polar surface area (TPSA) is 38.3 Å². The number of carbonyl (C=O) groups is 1. The number of methoxy groups -OCH3 is 1. The van der Waals surface area contributed by atoms with Gasteiger partial charge >= 0.3 is 5.97 Å². The van der Waals surface area contributed by atoms with Crippen LogP contribution in [0.25, 0.3) is 0 Å². The molecule has 0 radical (unpaired) electrons. The van der Waals surface area contributed by atoms with E-state index in [2.05, 4.69) is 10.1 Å². The van der Waals surface area contributed by atoms with Crippen molar-refractivity contribution >= 4 is 11.7 Å². The predicted molar refractivity (Wildman–Crippen MR) is 76.2 cm³/mol. The maximum absolute atomic E-state index is 13.8. The molecule has 110 valence electrons. The van der Waals surface area contributed by atoms with Gasteiger partial charge in [0.2, 0.25) is 0 Å². The summed E-state index contributed by atoms with van der Waals surface area (Å²) in [4.78, 5) is 11.3. The average Bonchev–Trinajstić information content (AvgIpc) is 2.51. The molecule has 0 heterocycles. The normalized spacial score (nSPS) is 10.3. The number of carbonyl (C=O) groups excluding carboxylic acids is 1. The molecule has 0 unspecified atom stereocenters. The molecule has 0 aliphatic carbocycles. The lowest BCUT2D eigenvalue weighted by Gasteiger charge is -2.10. The van der Waals surface area contributed by atoms with E-state index in [-0.39, 0.29) is 12.2 Å². The van der Waals surface area contributed by atoms with Crippen LogP contribution in [0, 0.1) is 18.6 Å². The lowest BCUT2D eigenvalue weighted by molar-refractivity contribution is 0.0600. The highest BCUT2D eigenvalue weighted by molar-refractivity contribution is 5.89. The van der Waals surface area contributed by atoms with Crippen LogP contribution in [0.2, 0.25) is 0 Å². The Morgan fingerprint density at radius 2 is 1.81 bits per heavy atom. The fraction of sp³-hybridized carbons (Fsp3) is 0.188. The maximum atomic E-state index is 13.8. The van der Waals surface area contributed by atoms with Crippen molar-refractivity contribution in [3.63, 3.8) is 0 Å². The van der Waals surface area contributed by atoms with E-state index in [0.29, 0.717) is 11.1 Å². The Balaban J connectivity index is 2.10. The minimum Gasteiger partial charge on any atom is -0.465 e. The van der Waals surface area contributed by atoms with E-state index in [0.717, 1.165) is 5.56 Å². The van der Waals surface area contributed by atoms with Gasteiger partial charge in [-0.1, -0.05) is 18.2 Å². The van der Waals surface area contributed by atoms with E-state index < -0.39 is 17.6 Å².